The molecular weight excluding hydrogens is 699 g/mol. The van der Waals surface area contributed by atoms with E-state index in [0.29, 0.717) is 5.95 Å². The maximum absolute atomic E-state index is 5.29. The average molecular weight is 730 g/mol. The van der Waals surface area contributed by atoms with E-state index in [1.807, 2.05) is 23.5 Å². The molecule has 12 aromatic rings. The van der Waals surface area contributed by atoms with Crippen LogP contribution in [0.1, 0.15) is 0 Å². The number of aromatic nitrogens is 3. The Hall–Kier alpha value is -7.14. The second kappa shape index (κ2) is 12.2. The normalized spacial score (nSPS) is 11.9. The van der Waals surface area contributed by atoms with Crippen LogP contribution in [0, 0.1) is 0 Å². The Kier molecular flexibility index (Phi) is 6.80. The third-order valence-corrected chi connectivity index (χ3v) is 12.5. The van der Waals surface area contributed by atoms with Gasteiger partial charge in [-0.2, -0.15) is 0 Å². The number of benzene rings is 9. The molecule has 0 fully saturated rings. The molecule has 12 rings (SSSR count). The van der Waals surface area contributed by atoms with Gasteiger partial charge in [0.15, 0.2) is 0 Å². The van der Waals surface area contributed by atoms with E-state index in [0.717, 1.165) is 33.5 Å². The number of hydrogen-bond donors (Lipinski definition) is 0. The highest BCUT2D eigenvalue weighted by atomic mass is 32.1. The molecule has 0 amide bonds. The smallest absolute Gasteiger partial charge is 0.235 e. The molecule has 260 valence electrons. The number of hydrogen-bond acceptors (Lipinski definition) is 3. The Balaban J connectivity index is 1.12. The highest BCUT2D eigenvalue weighted by molar-refractivity contribution is 7.25. The van der Waals surface area contributed by atoms with Crippen LogP contribution < -0.4 is 0 Å². The number of nitrogens with zero attached hydrogens (tertiary/aromatic N) is 3. The fourth-order valence-electron chi connectivity index (χ4n) is 8.76. The summed E-state index contributed by atoms with van der Waals surface area (Å²) in [4.78, 5) is 10.6. The second-order valence-electron chi connectivity index (χ2n) is 14.6. The minimum atomic E-state index is 0.654. The van der Waals surface area contributed by atoms with Crippen LogP contribution >= 0.6 is 11.3 Å². The second-order valence-corrected chi connectivity index (χ2v) is 15.6. The molecule has 3 nitrogen and oxygen atoms in total. The lowest BCUT2D eigenvalue weighted by Crippen LogP contribution is -2.04. The Bertz CT molecular complexity index is 3470. The van der Waals surface area contributed by atoms with Gasteiger partial charge in [0.05, 0.1) is 22.4 Å². The highest BCUT2D eigenvalue weighted by Crippen LogP contribution is 2.43. The Morgan fingerprint density at radius 3 is 1.54 bits per heavy atom. The fraction of sp³-hybridized carbons (Fsp3) is 0. The third-order valence-electron chi connectivity index (χ3n) is 11.4. The summed E-state index contributed by atoms with van der Waals surface area (Å²) in [6.07, 6.45) is 0. The largest absolute Gasteiger partial charge is 0.278 e. The Morgan fingerprint density at radius 2 is 0.821 bits per heavy atom. The van der Waals surface area contributed by atoms with Crippen molar-refractivity contribution in [3.05, 3.63) is 188 Å². The van der Waals surface area contributed by atoms with Crippen molar-refractivity contribution in [2.75, 3.05) is 0 Å². The summed E-state index contributed by atoms with van der Waals surface area (Å²) in [5.74, 6) is 0.654. The van der Waals surface area contributed by atoms with Gasteiger partial charge in [0.2, 0.25) is 5.95 Å². The molecule has 0 bridgehead atoms. The first kappa shape index (κ1) is 31.2. The van der Waals surface area contributed by atoms with Gasteiger partial charge in [-0.15, -0.1) is 11.3 Å². The van der Waals surface area contributed by atoms with Crippen molar-refractivity contribution in [3.8, 4) is 39.6 Å². The topological polar surface area (TPSA) is 30.7 Å². The maximum Gasteiger partial charge on any atom is 0.235 e. The van der Waals surface area contributed by atoms with E-state index in [9.17, 15) is 0 Å². The van der Waals surface area contributed by atoms with Gasteiger partial charge in [-0.3, -0.25) is 4.57 Å². The predicted molar refractivity (Wildman–Crippen MR) is 238 cm³/mol. The number of thiophene rings is 1. The summed E-state index contributed by atoms with van der Waals surface area (Å²) >= 11 is 1.87. The fourth-order valence-corrected chi connectivity index (χ4v) is 9.91. The van der Waals surface area contributed by atoms with E-state index >= 15 is 0 Å². The van der Waals surface area contributed by atoms with Crippen LogP contribution in [0.2, 0.25) is 0 Å². The van der Waals surface area contributed by atoms with Crippen LogP contribution in [-0.2, 0) is 0 Å². The monoisotopic (exact) mass is 729 g/mol. The van der Waals surface area contributed by atoms with Crippen LogP contribution in [0.3, 0.4) is 0 Å². The van der Waals surface area contributed by atoms with Crippen LogP contribution in [0.15, 0.2) is 188 Å². The van der Waals surface area contributed by atoms with E-state index in [1.54, 1.807) is 0 Å². The molecule has 0 unspecified atom stereocenters. The zero-order valence-electron chi connectivity index (χ0n) is 30.1. The molecule has 4 heteroatoms. The average Bonchev–Trinajstić information content (AvgIpc) is 3.81. The molecule has 0 spiro atoms. The molecule has 0 atom stereocenters. The molecule has 0 saturated heterocycles. The molecule has 0 N–H and O–H groups in total. The van der Waals surface area contributed by atoms with Crippen LogP contribution in [0.25, 0.3) is 114 Å². The minimum absolute atomic E-state index is 0.654. The molecule has 9 aromatic carbocycles. The lowest BCUT2D eigenvalue weighted by Gasteiger charge is -2.14. The third kappa shape index (κ3) is 4.76. The summed E-state index contributed by atoms with van der Waals surface area (Å²) in [7, 11) is 0. The molecule has 56 heavy (non-hydrogen) atoms. The summed E-state index contributed by atoms with van der Waals surface area (Å²) < 4.78 is 4.91. The molecule has 0 aliphatic rings. The van der Waals surface area contributed by atoms with Gasteiger partial charge in [-0.05, 0) is 85.9 Å². The van der Waals surface area contributed by atoms with E-state index in [-0.39, 0.29) is 0 Å². The minimum Gasteiger partial charge on any atom is -0.278 e. The Labute approximate surface area is 326 Å². The lowest BCUT2D eigenvalue weighted by atomic mass is 9.91. The number of rotatable bonds is 4. The molecule has 0 aliphatic carbocycles. The van der Waals surface area contributed by atoms with Gasteiger partial charge >= 0.3 is 0 Å². The highest BCUT2D eigenvalue weighted by Gasteiger charge is 2.20. The van der Waals surface area contributed by atoms with Crippen LogP contribution in [0.5, 0.6) is 0 Å². The molecule has 3 heterocycles. The van der Waals surface area contributed by atoms with Crippen molar-refractivity contribution in [3.63, 3.8) is 0 Å². The zero-order valence-corrected chi connectivity index (χ0v) is 31.0. The van der Waals surface area contributed by atoms with Crippen molar-refractivity contribution in [1.29, 1.82) is 0 Å². The van der Waals surface area contributed by atoms with Crippen LogP contribution in [-0.4, -0.2) is 14.5 Å². The number of fused-ring (bicyclic) bond motifs is 12. The summed E-state index contributed by atoms with van der Waals surface area (Å²) in [6.45, 7) is 0. The standard InChI is InChI=1S/C52H31N3S/c1-3-13-32(14-4-1)46-31-47(33-15-5-2-6-16-33)54-52(53-46)55-48-21-11-9-19-39(48)45-29-43-38-25-23-34(27-42(38)36-17-7-8-18-37(36)44(43)30-49(45)55)35-24-26-41-40-20-10-12-22-50(40)56-51(41)28-35/h1-31H. The molecule has 3 aromatic heterocycles. The van der Waals surface area contributed by atoms with Crippen molar-refractivity contribution in [1.82, 2.24) is 14.5 Å². The van der Waals surface area contributed by atoms with Gasteiger partial charge in [0.25, 0.3) is 0 Å². The summed E-state index contributed by atoms with van der Waals surface area (Å²) in [5.41, 5.74) is 8.51. The first-order chi connectivity index (χ1) is 27.7. The molecule has 0 radical (unpaired) electrons. The summed E-state index contributed by atoms with van der Waals surface area (Å²) in [6, 6.07) is 67.9. The van der Waals surface area contributed by atoms with E-state index in [4.69, 9.17) is 9.97 Å². The van der Waals surface area contributed by atoms with E-state index in [1.165, 1.54) is 74.4 Å². The predicted octanol–water partition coefficient (Wildman–Crippen LogP) is 14.4. The molecule has 0 saturated carbocycles. The van der Waals surface area contributed by atoms with Gasteiger partial charge in [-0.1, -0.05) is 146 Å². The van der Waals surface area contributed by atoms with Crippen molar-refractivity contribution in [2.45, 2.75) is 0 Å². The lowest BCUT2D eigenvalue weighted by molar-refractivity contribution is 0.996. The quantitative estimate of drug-likeness (QED) is 0.169. The van der Waals surface area contributed by atoms with E-state index < -0.39 is 0 Å². The maximum atomic E-state index is 5.29. The van der Waals surface area contributed by atoms with Gasteiger partial charge in [0.1, 0.15) is 0 Å². The van der Waals surface area contributed by atoms with E-state index in [2.05, 4.69) is 180 Å². The van der Waals surface area contributed by atoms with Crippen molar-refractivity contribution >= 4 is 85.6 Å². The van der Waals surface area contributed by atoms with Crippen molar-refractivity contribution < 1.29 is 0 Å². The molecular formula is C52H31N3S. The number of para-hydroxylation sites is 1. The molecule has 0 aliphatic heterocycles. The van der Waals surface area contributed by atoms with Crippen LogP contribution in [0.4, 0.5) is 0 Å². The zero-order chi connectivity index (χ0) is 36.7. The first-order valence-electron chi connectivity index (χ1n) is 19.0. The van der Waals surface area contributed by atoms with Gasteiger partial charge in [-0.25, -0.2) is 9.97 Å². The van der Waals surface area contributed by atoms with Gasteiger partial charge < -0.3 is 0 Å². The first-order valence-corrected chi connectivity index (χ1v) is 19.8. The van der Waals surface area contributed by atoms with Gasteiger partial charge in [0, 0.05) is 42.1 Å². The Morgan fingerprint density at radius 1 is 0.304 bits per heavy atom. The SMILES string of the molecule is c1ccc(-c2cc(-c3ccccc3)nc(-n3c4ccccc4c4cc5c6ccc(-c7ccc8c(c7)sc7ccccc78)cc6c6ccccc6c5cc43)n2)cc1. The summed E-state index contributed by atoms with van der Waals surface area (Å²) in [5, 5.41) is 12.4. The van der Waals surface area contributed by atoms with Crippen molar-refractivity contribution in [2.24, 2.45) is 0 Å².